The standard InChI is InChI=1S/C26H29N/c1-25(2)15-16-26(3,4)24-18-20(13-14-23(24)25)19-9-8-12-22(17-19)27-21-10-6-5-7-11-21/h5-14,17-18,27H,15-16H2,1-4H3. The lowest BCUT2D eigenvalue weighted by molar-refractivity contribution is 0.332. The van der Waals surface area contributed by atoms with E-state index in [4.69, 9.17) is 0 Å². The zero-order valence-corrected chi connectivity index (χ0v) is 16.8. The summed E-state index contributed by atoms with van der Waals surface area (Å²) < 4.78 is 0. The Kier molecular flexibility index (Phi) is 4.34. The van der Waals surface area contributed by atoms with Crippen LogP contribution in [0.1, 0.15) is 51.7 Å². The topological polar surface area (TPSA) is 12.0 Å². The minimum absolute atomic E-state index is 0.237. The van der Waals surface area contributed by atoms with E-state index in [0.717, 1.165) is 11.4 Å². The summed E-state index contributed by atoms with van der Waals surface area (Å²) in [6, 6.07) is 26.1. The molecule has 1 N–H and O–H groups in total. The molecule has 0 fully saturated rings. The van der Waals surface area contributed by atoms with Crippen LogP contribution < -0.4 is 5.32 Å². The Morgan fingerprint density at radius 2 is 1.22 bits per heavy atom. The fourth-order valence-corrected chi connectivity index (χ4v) is 4.23. The van der Waals surface area contributed by atoms with E-state index in [0.29, 0.717) is 0 Å². The minimum atomic E-state index is 0.237. The van der Waals surface area contributed by atoms with Crippen molar-refractivity contribution in [2.75, 3.05) is 5.32 Å². The van der Waals surface area contributed by atoms with E-state index in [1.54, 1.807) is 0 Å². The van der Waals surface area contributed by atoms with Gasteiger partial charge < -0.3 is 5.32 Å². The number of rotatable bonds is 3. The molecule has 0 unspecified atom stereocenters. The minimum Gasteiger partial charge on any atom is -0.356 e. The highest BCUT2D eigenvalue weighted by Gasteiger charge is 2.36. The summed E-state index contributed by atoms with van der Waals surface area (Å²) in [6.07, 6.45) is 2.49. The number of nitrogens with one attached hydrogen (secondary N) is 1. The molecule has 1 aliphatic rings. The van der Waals surface area contributed by atoms with Crippen LogP contribution in [0.5, 0.6) is 0 Å². The molecule has 0 saturated carbocycles. The molecule has 1 nitrogen and oxygen atoms in total. The van der Waals surface area contributed by atoms with Gasteiger partial charge in [-0.15, -0.1) is 0 Å². The highest BCUT2D eigenvalue weighted by molar-refractivity contribution is 5.72. The summed E-state index contributed by atoms with van der Waals surface area (Å²) in [4.78, 5) is 0. The smallest absolute Gasteiger partial charge is 0.0390 e. The Bertz CT molecular complexity index is 951. The van der Waals surface area contributed by atoms with E-state index < -0.39 is 0 Å². The van der Waals surface area contributed by atoms with Crippen LogP contribution in [0.25, 0.3) is 11.1 Å². The lowest BCUT2D eigenvalue weighted by Gasteiger charge is -2.42. The van der Waals surface area contributed by atoms with Gasteiger partial charge in [-0.1, -0.05) is 76.2 Å². The molecule has 0 spiro atoms. The largest absolute Gasteiger partial charge is 0.356 e. The Labute approximate surface area is 163 Å². The average molecular weight is 356 g/mol. The maximum atomic E-state index is 3.51. The second-order valence-electron chi connectivity index (χ2n) is 9.10. The van der Waals surface area contributed by atoms with Gasteiger partial charge in [-0.25, -0.2) is 0 Å². The maximum absolute atomic E-state index is 3.51. The summed E-state index contributed by atoms with van der Waals surface area (Å²) >= 11 is 0. The molecule has 0 saturated heterocycles. The van der Waals surface area contributed by atoms with Crippen molar-refractivity contribution in [1.29, 1.82) is 0 Å². The van der Waals surface area contributed by atoms with Crippen LogP contribution in [0, 0.1) is 0 Å². The fraction of sp³-hybridized carbons (Fsp3) is 0.308. The predicted octanol–water partition coefficient (Wildman–Crippen LogP) is 7.45. The number of benzene rings is 3. The molecule has 4 rings (SSSR count). The molecule has 1 aliphatic carbocycles. The lowest BCUT2D eigenvalue weighted by Crippen LogP contribution is -2.33. The molecule has 0 bridgehead atoms. The summed E-state index contributed by atoms with van der Waals surface area (Å²) in [5.74, 6) is 0. The van der Waals surface area contributed by atoms with Gasteiger partial charge in [-0.3, -0.25) is 0 Å². The van der Waals surface area contributed by atoms with E-state index in [9.17, 15) is 0 Å². The summed E-state index contributed by atoms with van der Waals surface area (Å²) in [5.41, 5.74) is 8.33. The van der Waals surface area contributed by atoms with Crippen molar-refractivity contribution in [3.05, 3.63) is 83.9 Å². The van der Waals surface area contributed by atoms with Gasteiger partial charge in [0.15, 0.2) is 0 Å². The van der Waals surface area contributed by atoms with Gasteiger partial charge in [0.25, 0.3) is 0 Å². The van der Waals surface area contributed by atoms with Crippen LogP contribution in [-0.2, 0) is 10.8 Å². The second-order valence-corrected chi connectivity index (χ2v) is 9.10. The van der Waals surface area contributed by atoms with Crippen LogP contribution in [0.3, 0.4) is 0 Å². The first-order valence-electron chi connectivity index (χ1n) is 9.93. The molecule has 0 aliphatic heterocycles. The number of anilines is 2. The maximum Gasteiger partial charge on any atom is 0.0390 e. The molecular formula is C26H29N. The van der Waals surface area contributed by atoms with Gasteiger partial charge in [0.1, 0.15) is 0 Å². The molecule has 138 valence electrons. The summed E-state index contributed by atoms with van der Waals surface area (Å²) in [7, 11) is 0. The third-order valence-corrected chi connectivity index (χ3v) is 6.11. The van der Waals surface area contributed by atoms with Crippen LogP contribution in [-0.4, -0.2) is 0 Å². The Morgan fingerprint density at radius 1 is 0.593 bits per heavy atom. The van der Waals surface area contributed by atoms with Gasteiger partial charge in [-0.2, -0.15) is 0 Å². The molecule has 1 heteroatoms. The molecule has 3 aromatic carbocycles. The Hall–Kier alpha value is -2.54. The number of hydrogen-bond donors (Lipinski definition) is 1. The third kappa shape index (κ3) is 3.51. The number of hydrogen-bond acceptors (Lipinski definition) is 1. The first kappa shape index (κ1) is 17.9. The highest BCUT2D eigenvalue weighted by Crippen LogP contribution is 2.46. The second kappa shape index (κ2) is 6.56. The first-order chi connectivity index (χ1) is 12.9. The molecule has 0 radical (unpaired) electrons. The zero-order chi connectivity index (χ0) is 19.1. The van der Waals surface area contributed by atoms with Gasteiger partial charge >= 0.3 is 0 Å². The van der Waals surface area contributed by atoms with E-state index in [-0.39, 0.29) is 10.8 Å². The molecule has 0 heterocycles. The molecule has 3 aromatic rings. The molecule has 0 aromatic heterocycles. The van der Waals surface area contributed by atoms with Crippen LogP contribution in [0.2, 0.25) is 0 Å². The highest BCUT2D eigenvalue weighted by atomic mass is 14.9. The van der Waals surface area contributed by atoms with Crippen LogP contribution in [0.15, 0.2) is 72.8 Å². The SMILES string of the molecule is CC1(C)CCC(C)(C)c2cc(-c3cccc(Nc4ccccc4)c3)ccc21. The van der Waals surface area contributed by atoms with E-state index in [2.05, 4.69) is 99.7 Å². The normalized spacial score (nSPS) is 17.2. The van der Waals surface area contributed by atoms with E-state index >= 15 is 0 Å². The quantitative estimate of drug-likeness (QED) is 0.514. The lowest BCUT2D eigenvalue weighted by atomic mass is 9.63. The number of para-hydroxylation sites is 1. The Balaban J connectivity index is 1.71. The van der Waals surface area contributed by atoms with Gasteiger partial charge in [0, 0.05) is 11.4 Å². The molecule has 0 atom stereocenters. The van der Waals surface area contributed by atoms with Gasteiger partial charge in [0.05, 0.1) is 0 Å². The van der Waals surface area contributed by atoms with Crippen molar-refractivity contribution >= 4 is 11.4 Å². The molecule has 27 heavy (non-hydrogen) atoms. The zero-order valence-electron chi connectivity index (χ0n) is 16.8. The van der Waals surface area contributed by atoms with Crippen molar-refractivity contribution in [2.45, 2.75) is 51.4 Å². The fourth-order valence-electron chi connectivity index (χ4n) is 4.23. The molecule has 0 amide bonds. The average Bonchev–Trinajstić information content (AvgIpc) is 2.66. The Morgan fingerprint density at radius 3 is 1.96 bits per heavy atom. The van der Waals surface area contributed by atoms with Crippen molar-refractivity contribution in [3.8, 4) is 11.1 Å². The van der Waals surface area contributed by atoms with E-state index in [1.165, 1.54) is 35.1 Å². The molecular weight excluding hydrogens is 326 g/mol. The van der Waals surface area contributed by atoms with Crippen molar-refractivity contribution in [2.24, 2.45) is 0 Å². The monoisotopic (exact) mass is 355 g/mol. The van der Waals surface area contributed by atoms with Gasteiger partial charge in [-0.05, 0) is 70.2 Å². The van der Waals surface area contributed by atoms with Crippen molar-refractivity contribution in [3.63, 3.8) is 0 Å². The summed E-state index contributed by atoms with van der Waals surface area (Å²) in [5, 5.41) is 3.51. The first-order valence-corrected chi connectivity index (χ1v) is 9.93. The van der Waals surface area contributed by atoms with Crippen LogP contribution >= 0.6 is 0 Å². The van der Waals surface area contributed by atoms with Crippen LogP contribution in [0.4, 0.5) is 11.4 Å². The van der Waals surface area contributed by atoms with Crippen molar-refractivity contribution < 1.29 is 0 Å². The summed E-state index contributed by atoms with van der Waals surface area (Å²) in [6.45, 7) is 9.53. The van der Waals surface area contributed by atoms with E-state index in [1.807, 2.05) is 6.07 Å². The predicted molar refractivity (Wildman–Crippen MR) is 117 cm³/mol. The van der Waals surface area contributed by atoms with Crippen molar-refractivity contribution in [1.82, 2.24) is 0 Å². The van der Waals surface area contributed by atoms with Gasteiger partial charge in [0.2, 0.25) is 0 Å². The number of fused-ring (bicyclic) bond motifs is 1. The third-order valence-electron chi connectivity index (χ3n) is 6.11.